The summed E-state index contributed by atoms with van der Waals surface area (Å²) in [5.41, 5.74) is 0.310. The van der Waals surface area contributed by atoms with Crippen LogP contribution in [0.2, 0.25) is 0 Å². The van der Waals surface area contributed by atoms with E-state index in [0.717, 1.165) is 30.3 Å². The molecule has 0 radical (unpaired) electrons. The fourth-order valence-electron chi connectivity index (χ4n) is 4.98. The molecule has 1 heterocycles. The van der Waals surface area contributed by atoms with Crippen molar-refractivity contribution in [2.45, 2.75) is 56.6 Å². The van der Waals surface area contributed by atoms with Gasteiger partial charge in [0.15, 0.2) is 0 Å². The van der Waals surface area contributed by atoms with Gasteiger partial charge in [-0.2, -0.15) is 0 Å². The van der Waals surface area contributed by atoms with Gasteiger partial charge in [0.05, 0.1) is 5.60 Å². The van der Waals surface area contributed by atoms with E-state index in [-0.39, 0.29) is 15.6 Å². The van der Waals surface area contributed by atoms with Gasteiger partial charge in [-0.1, -0.05) is 20.8 Å². The normalized spacial score (nSPS) is 52.5. The Labute approximate surface area is 123 Å². The monoisotopic (exact) mass is 302 g/mol. The first-order chi connectivity index (χ1) is 8.89. The summed E-state index contributed by atoms with van der Waals surface area (Å²) in [5.74, 6) is 2.74. The molecule has 1 unspecified atom stereocenters. The predicted octanol–water partition coefficient (Wildman–Crippen LogP) is 3.43. The summed E-state index contributed by atoms with van der Waals surface area (Å²) in [4.78, 5) is 0. The van der Waals surface area contributed by atoms with Crippen LogP contribution in [-0.4, -0.2) is 33.0 Å². The average molecular weight is 303 g/mol. The van der Waals surface area contributed by atoms with Gasteiger partial charge in [0, 0.05) is 29.1 Å². The molecular weight excluding hydrogens is 276 g/mol. The van der Waals surface area contributed by atoms with E-state index in [4.69, 9.17) is 4.74 Å². The Morgan fingerprint density at radius 1 is 1.32 bits per heavy atom. The third-order valence-corrected chi connectivity index (χ3v) is 10.5. The maximum absolute atomic E-state index is 12.6. The Kier molecular flexibility index (Phi) is 3.39. The first-order valence-electron chi connectivity index (χ1n) is 7.43. The molecule has 0 N–H and O–H groups in total. The van der Waals surface area contributed by atoms with E-state index in [9.17, 15) is 4.21 Å². The summed E-state index contributed by atoms with van der Waals surface area (Å²) in [6.45, 7) is 7.21. The van der Waals surface area contributed by atoms with Crippen molar-refractivity contribution in [3.8, 4) is 0 Å². The van der Waals surface area contributed by atoms with Crippen LogP contribution in [0, 0.1) is 16.7 Å². The maximum atomic E-state index is 12.6. The van der Waals surface area contributed by atoms with E-state index < -0.39 is 10.8 Å². The van der Waals surface area contributed by atoms with Gasteiger partial charge in [-0.05, 0) is 42.8 Å². The lowest BCUT2D eigenvalue weighted by atomic mass is 9.65. The van der Waals surface area contributed by atoms with Crippen molar-refractivity contribution in [2.75, 3.05) is 18.6 Å². The van der Waals surface area contributed by atoms with E-state index in [0.29, 0.717) is 5.41 Å². The highest BCUT2D eigenvalue weighted by atomic mass is 32.2. The molecule has 3 rings (SSSR count). The van der Waals surface area contributed by atoms with E-state index in [1.54, 1.807) is 0 Å². The first-order valence-corrected chi connectivity index (χ1v) is 9.86. The van der Waals surface area contributed by atoms with Crippen LogP contribution in [0.5, 0.6) is 0 Å². The number of fused-ring (bicyclic) bond motifs is 2. The third kappa shape index (κ3) is 1.63. The SMILES string of the molecule is CO[C@]1([C@@H]2SCCCS2=O)C[C@H]2CC[C@]1(C)C2(C)C. The molecule has 5 atom stereocenters. The maximum Gasteiger partial charge on any atom is 0.110 e. The molecule has 1 saturated heterocycles. The van der Waals surface area contributed by atoms with Gasteiger partial charge in [0.25, 0.3) is 0 Å². The lowest BCUT2D eigenvalue weighted by Crippen LogP contribution is -2.57. The molecule has 2 saturated carbocycles. The lowest BCUT2D eigenvalue weighted by Gasteiger charge is -2.51. The molecule has 3 aliphatic rings. The minimum atomic E-state index is -0.730. The summed E-state index contributed by atoms with van der Waals surface area (Å²) >= 11 is 1.91. The second-order valence-corrected chi connectivity index (χ2v) is 10.4. The largest absolute Gasteiger partial charge is 0.375 e. The molecule has 0 spiro atoms. The van der Waals surface area contributed by atoms with Crippen molar-refractivity contribution in [3.63, 3.8) is 0 Å². The van der Waals surface area contributed by atoms with Crippen LogP contribution in [0.15, 0.2) is 0 Å². The molecule has 4 heteroatoms. The average Bonchev–Trinajstić information content (AvgIpc) is 2.70. The van der Waals surface area contributed by atoms with Gasteiger partial charge in [-0.3, -0.25) is 4.21 Å². The summed E-state index contributed by atoms with van der Waals surface area (Å²) in [6.07, 6.45) is 4.75. The fraction of sp³-hybridized carbons (Fsp3) is 1.00. The minimum Gasteiger partial charge on any atom is -0.375 e. The van der Waals surface area contributed by atoms with Crippen molar-refractivity contribution in [1.82, 2.24) is 0 Å². The van der Waals surface area contributed by atoms with Gasteiger partial charge >= 0.3 is 0 Å². The zero-order chi connectivity index (χ0) is 13.9. The number of hydrogen-bond donors (Lipinski definition) is 0. The van der Waals surface area contributed by atoms with Gasteiger partial charge in [0.2, 0.25) is 0 Å². The summed E-state index contributed by atoms with van der Waals surface area (Å²) in [6, 6.07) is 0. The molecule has 0 aromatic carbocycles. The number of rotatable bonds is 2. The van der Waals surface area contributed by atoms with E-state index in [2.05, 4.69) is 20.8 Å². The van der Waals surface area contributed by atoms with Crippen LogP contribution in [-0.2, 0) is 15.5 Å². The summed E-state index contributed by atoms with van der Waals surface area (Å²) < 4.78 is 18.9. The highest BCUT2D eigenvalue weighted by Gasteiger charge is 2.72. The molecule has 110 valence electrons. The molecule has 0 aromatic rings. The van der Waals surface area contributed by atoms with Crippen LogP contribution in [0.4, 0.5) is 0 Å². The zero-order valence-corrected chi connectivity index (χ0v) is 14.2. The standard InChI is InChI=1S/C15H26O2S2/c1-13(2)11-6-7-14(13,3)15(10-11,17-4)12-18-8-5-9-19(12)16/h11-12H,5-10H2,1-4H3/t11-,12-,14-,15+,19?/m1/s1. The summed E-state index contributed by atoms with van der Waals surface area (Å²) in [5, 5.41) is 0. The quantitative estimate of drug-likeness (QED) is 0.782. The Balaban J connectivity index is 2.03. The molecule has 1 aliphatic heterocycles. The van der Waals surface area contributed by atoms with Crippen molar-refractivity contribution in [2.24, 2.45) is 16.7 Å². The van der Waals surface area contributed by atoms with Crippen LogP contribution < -0.4 is 0 Å². The summed E-state index contributed by atoms with van der Waals surface area (Å²) in [7, 11) is 1.13. The Morgan fingerprint density at radius 2 is 2.05 bits per heavy atom. The number of ether oxygens (including phenoxy) is 1. The molecule has 2 nitrogen and oxygen atoms in total. The minimum absolute atomic E-state index is 0.171. The Hall–Kier alpha value is 0.460. The highest BCUT2D eigenvalue weighted by molar-refractivity contribution is 8.12. The van der Waals surface area contributed by atoms with Crippen molar-refractivity contribution >= 4 is 22.6 Å². The van der Waals surface area contributed by atoms with Crippen LogP contribution >= 0.6 is 11.8 Å². The molecule has 0 amide bonds. The Morgan fingerprint density at radius 3 is 2.53 bits per heavy atom. The van der Waals surface area contributed by atoms with Crippen molar-refractivity contribution in [1.29, 1.82) is 0 Å². The second kappa shape index (κ2) is 4.48. The van der Waals surface area contributed by atoms with Crippen molar-refractivity contribution in [3.05, 3.63) is 0 Å². The highest BCUT2D eigenvalue weighted by Crippen LogP contribution is 2.72. The molecule has 19 heavy (non-hydrogen) atoms. The first kappa shape index (κ1) is 14.4. The van der Waals surface area contributed by atoms with E-state index >= 15 is 0 Å². The fourth-order valence-corrected chi connectivity index (χ4v) is 9.12. The smallest absolute Gasteiger partial charge is 0.110 e. The number of methoxy groups -OCH3 is 1. The topological polar surface area (TPSA) is 26.3 Å². The molecule has 2 bridgehead atoms. The molecular formula is C15H26O2S2. The third-order valence-electron chi connectivity index (χ3n) is 6.66. The van der Waals surface area contributed by atoms with Crippen LogP contribution in [0.25, 0.3) is 0 Å². The van der Waals surface area contributed by atoms with Gasteiger partial charge in [-0.15, -0.1) is 11.8 Å². The zero-order valence-electron chi connectivity index (χ0n) is 12.5. The molecule has 0 aromatic heterocycles. The van der Waals surface area contributed by atoms with E-state index in [1.165, 1.54) is 12.8 Å². The van der Waals surface area contributed by atoms with Gasteiger partial charge in [-0.25, -0.2) is 0 Å². The molecule has 2 aliphatic carbocycles. The van der Waals surface area contributed by atoms with Crippen LogP contribution in [0.3, 0.4) is 0 Å². The van der Waals surface area contributed by atoms with Gasteiger partial charge in [0.1, 0.15) is 4.58 Å². The van der Waals surface area contributed by atoms with Gasteiger partial charge < -0.3 is 4.74 Å². The lowest BCUT2D eigenvalue weighted by molar-refractivity contribution is -0.106. The van der Waals surface area contributed by atoms with Crippen LogP contribution in [0.1, 0.15) is 46.5 Å². The molecule has 3 fully saturated rings. The Bertz CT molecular complexity index is 409. The number of hydrogen-bond acceptors (Lipinski definition) is 3. The van der Waals surface area contributed by atoms with E-state index in [1.807, 2.05) is 18.9 Å². The predicted molar refractivity (Wildman–Crippen MR) is 82.8 cm³/mol. The second-order valence-electron chi connectivity index (χ2n) is 7.23. The van der Waals surface area contributed by atoms with Crippen molar-refractivity contribution < 1.29 is 8.95 Å². The number of thioether (sulfide) groups is 1.